The van der Waals surface area contributed by atoms with Gasteiger partial charge in [-0.15, -0.1) is 0 Å². The van der Waals surface area contributed by atoms with E-state index in [0.29, 0.717) is 30.6 Å². The van der Waals surface area contributed by atoms with Crippen molar-refractivity contribution in [2.75, 3.05) is 0 Å². The largest absolute Gasteiger partial charge is 0.481 e. The van der Waals surface area contributed by atoms with Crippen molar-refractivity contribution in [2.45, 2.75) is 105 Å². The number of ether oxygens (including phenoxy) is 1. The van der Waals surface area contributed by atoms with Crippen molar-refractivity contribution in [3.05, 3.63) is 35.8 Å². The van der Waals surface area contributed by atoms with Crippen molar-refractivity contribution < 1.29 is 19.7 Å². The van der Waals surface area contributed by atoms with Gasteiger partial charge in [-0.05, 0) is 75.4 Å². The lowest BCUT2D eigenvalue weighted by atomic mass is 9.86. The van der Waals surface area contributed by atoms with Crippen LogP contribution in [0, 0.1) is 23.7 Å². The number of aliphatic hydroxyl groups is 1. The predicted octanol–water partition coefficient (Wildman–Crippen LogP) is 7.25. The predicted molar refractivity (Wildman–Crippen MR) is 129 cm³/mol. The Hall–Kier alpha value is -1.55. The summed E-state index contributed by atoms with van der Waals surface area (Å²) in [6.45, 7) is 12.5. The third-order valence-electron chi connectivity index (χ3n) is 6.80. The Morgan fingerprint density at radius 3 is 2.45 bits per heavy atom. The molecular weight excluding hydrogens is 388 g/mol. The van der Waals surface area contributed by atoms with Gasteiger partial charge >= 0.3 is 5.97 Å². The van der Waals surface area contributed by atoms with Crippen LogP contribution >= 0.6 is 0 Å². The topological polar surface area (TPSA) is 66.8 Å². The van der Waals surface area contributed by atoms with Crippen LogP contribution in [0.1, 0.15) is 99.3 Å². The fraction of sp³-hybridized carbons (Fsp3) is 0.741. The van der Waals surface area contributed by atoms with E-state index in [2.05, 4.69) is 45.9 Å². The summed E-state index contributed by atoms with van der Waals surface area (Å²) >= 11 is 0. The lowest BCUT2D eigenvalue weighted by molar-refractivity contribution is -0.141. The molecule has 1 aliphatic carbocycles. The van der Waals surface area contributed by atoms with Crippen LogP contribution in [0.2, 0.25) is 0 Å². The first-order valence-electron chi connectivity index (χ1n) is 12.3. The molecule has 0 amide bonds. The van der Waals surface area contributed by atoms with Crippen molar-refractivity contribution >= 4 is 5.97 Å². The second kappa shape index (κ2) is 13.8. The summed E-state index contributed by atoms with van der Waals surface area (Å²) in [5, 5.41) is 19.5. The summed E-state index contributed by atoms with van der Waals surface area (Å²) in [7, 11) is 0. The van der Waals surface area contributed by atoms with Gasteiger partial charge in [0.2, 0.25) is 0 Å². The lowest BCUT2D eigenvalue weighted by Crippen LogP contribution is -2.24. The Morgan fingerprint density at radius 1 is 1.19 bits per heavy atom. The van der Waals surface area contributed by atoms with E-state index >= 15 is 0 Å². The van der Waals surface area contributed by atoms with E-state index < -0.39 is 11.6 Å². The van der Waals surface area contributed by atoms with E-state index in [4.69, 9.17) is 9.84 Å². The number of carboxylic acids is 1. The van der Waals surface area contributed by atoms with Crippen molar-refractivity contribution in [1.29, 1.82) is 0 Å². The SMILES string of the molecule is CCC1=C(O/C=C/CCC(C)CCCC(C)(O)CCCC(C)C(=O)O)C(C)C(C)C=C1. The average molecular weight is 435 g/mol. The van der Waals surface area contributed by atoms with Crippen molar-refractivity contribution in [3.63, 3.8) is 0 Å². The van der Waals surface area contributed by atoms with E-state index in [9.17, 15) is 9.90 Å². The Bertz CT molecular complexity index is 629. The normalized spacial score (nSPS) is 23.1. The highest BCUT2D eigenvalue weighted by atomic mass is 16.5. The van der Waals surface area contributed by atoms with Gasteiger partial charge in [0.15, 0.2) is 0 Å². The number of carboxylic acid groups (broad SMARTS) is 1. The Kier molecular flexibility index (Phi) is 12.2. The lowest BCUT2D eigenvalue weighted by Gasteiger charge is -2.25. The molecule has 0 aromatic carbocycles. The molecular formula is C27H46O4. The third-order valence-corrected chi connectivity index (χ3v) is 6.80. The maximum Gasteiger partial charge on any atom is 0.306 e. The van der Waals surface area contributed by atoms with E-state index in [0.717, 1.165) is 50.7 Å². The number of carbonyl (C=O) groups is 1. The average Bonchev–Trinajstić information content (AvgIpc) is 2.70. The van der Waals surface area contributed by atoms with Crippen LogP contribution in [0.15, 0.2) is 35.8 Å². The molecule has 0 saturated carbocycles. The van der Waals surface area contributed by atoms with Gasteiger partial charge < -0.3 is 14.9 Å². The molecule has 31 heavy (non-hydrogen) atoms. The second-order valence-electron chi connectivity index (χ2n) is 9.94. The number of rotatable bonds is 15. The monoisotopic (exact) mass is 434 g/mol. The number of hydrogen-bond acceptors (Lipinski definition) is 3. The zero-order valence-electron chi connectivity index (χ0n) is 20.7. The number of allylic oxidation sites excluding steroid dienone is 5. The summed E-state index contributed by atoms with van der Waals surface area (Å²) < 4.78 is 6.02. The highest BCUT2D eigenvalue weighted by molar-refractivity contribution is 5.69. The molecule has 178 valence electrons. The van der Waals surface area contributed by atoms with Gasteiger partial charge in [-0.3, -0.25) is 4.79 Å². The molecule has 0 aromatic heterocycles. The standard InChI is InChI=1S/C27H46O4/c1-7-24-16-15-21(3)23(5)25(24)31-19-9-8-12-20(2)13-10-17-27(6,30)18-11-14-22(4)26(28)29/h9,15-16,19-23,30H,7-8,10-14,17-18H2,1-6H3,(H,28,29)/b19-9+. The summed E-state index contributed by atoms with van der Waals surface area (Å²) in [5.41, 5.74) is 0.603. The molecule has 0 fully saturated rings. The zero-order valence-corrected chi connectivity index (χ0v) is 20.7. The Balaban J connectivity index is 2.25. The molecule has 0 aromatic rings. The minimum atomic E-state index is -0.755. The molecule has 5 atom stereocenters. The van der Waals surface area contributed by atoms with Gasteiger partial charge in [0.05, 0.1) is 17.8 Å². The highest BCUT2D eigenvalue weighted by Gasteiger charge is 2.22. The summed E-state index contributed by atoms with van der Waals surface area (Å²) in [6.07, 6.45) is 16.5. The molecule has 0 radical (unpaired) electrons. The van der Waals surface area contributed by atoms with Crippen molar-refractivity contribution in [3.8, 4) is 0 Å². The third kappa shape index (κ3) is 10.5. The Morgan fingerprint density at radius 2 is 1.84 bits per heavy atom. The molecule has 4 heteroatoms. The molecule has 2 N–H and O–H groups in total. The molecule has 0 spiro atoms. The van der Waals surface area contributed by atoms with E-state index in [1.54, 1.807) is 6.92 Å². The van der Waals surface area contributed by atoms with Crippen LogP contribution in [0.4, 0.5) is 0 Å². The quantitative estimate of drug-likeness (QED) is 0.266. The first-order valence-corrected chi connectivity index (χ1v) is 12.3. The molecule has 5 unspecified atom stereocenters. The van der Waals surface area contributed by atoms with Gasteiger partial charge in [-0.2, -0.15) is 0 Å². The molecule has 1 rings (SSSR count). The molecule has 4 nitrogen and oxygen atoms in total. The first kappa shape index (κ1) is 27.5. The molecule has 0 heterocycles. The van der Waals surface area contributed by atoms with Crippen LogP contribution in [-0.2, 0) is 9.53 Å². The molecule has 0 saturated heterocycles. The van der Waals surface area contributed by atoms with Crippen LogP contribution in [-0.4, -0.2) is 21.8 Å². The number of hydrogen-bond donors (Lipinski definition) is 2. The summed E-state index contributed by atoms with van der Waals surface area (Å²) in [4.78, 5) is 10.9. The molecule has 0 bridgehead atoms. The minimum absolute atomic E-state index is 0.334. The minimum Gasteiger partial charge on any atom is -0.481 e. The van der Waals surface area contributed by atoms with Gasteiger partial charge in [0.25, 0.3) is 0 Å². The van der Waals surface area contributed by atoms with Crippen LogP contribution in [0.25, 0.3) is 0 Å². The van der Waals surface area contributed by atoms with E-state index in [1.165, 1.54) is 5.57 Å². The first-order chi connectivity index (χ1) is 14.6. The fourth-order valence-corrected chi connectivity index (χ4v) is 4.11. The summed E-state index contributed by atoms with van der Waals surface area (Å²) in [5.74, 6) is 1.56. The fourth-order valence-electron chi connectivity index (χ4n) is 4.11. The molecule has 1 aliphatic rings. The summed E-state index contributed by atoms with van der Waals surface area (Å²) in [6, 6.07) is 0. The molecule has 0 aliphatic heterocycles. The van der Waals surface area contributed by atoms with Gasteiger partial charge in [0.1, 0.15) is 5.76 Å². The van der Waals surface area contributed by atoms with Crippen molar-refractivity contribution in [2.24, 2.45) is 23.7 Å². The van der Waals surface area contributed by atoms with Crippen molar-refractivity contribution in [1.82, 2.24) is 0 Å². The van der Waals surface area contributed by atoms with Crippen LogP contribution in [0.5, 0.6) is 0 Å². The van der Waals surface area contributed by atoms with Gasteiger partial charge in [-0.25, -0.2) is 0 Å². The number of aliphatic carboxylic acids is 1. The Labute approximate surface area is 190 Å². The maximum absolute atomic E-state index is 10.9. The van der Waals surface area contributed by atoms with Crippen LogP contribution in [0.3, 0.4) is 0 Å². The van der Waals surface area contributed by atoms with Gasteiger partial charge in [-0.1, -0.05) is 59.6 Å². The highest BCUT2D eigenvalue weighted by Crippen LogP contribution is 2.32. The smallest absolute Gasteiger partial charge is 0.306 e. The maximum atomic E-state index is 10.9. The van der Waals surface area contributed by atoms with Gasteiger partial charge in [0, 0.05) is 5.92 Å². The second-order valence-corrected chi connectivity index (χ2v) is 9.94. The van der Waals surface area contributed by atoms with Crippen LogP contribution < -0.4 is 0 Å². The van der Waals surface area contributed by atoms with E-state index in [1.807, 2.05) is 13.2 Å². The zero-order chi connectivity index (χ0) is 23.4. The van der Waals surface area contributed by atoms with E-state index in [-0.39, 0.29) is 5.92 Å².